The third kappa shape index (κ3) is 12.3. The van der Waals surface area contributed by atoms with Crippen molar-refractivity contribution in [1.82, 2.24) is 25.1 Å². The van der Waals surface area contributed by atoms with Crippen LogP contribution in [-0.2, 0) is 63.4 Å². The summed E-state index contributed by atoms with van der Waals surface area (Å²) in [5, 5.41) is 17.5. The molecule has 17 nitrogen and oxygen atoms in total. The van der Waals surface area contributed by atoms with E-state index in [0.29, 0.717) is 55.0 Å². The average molecular weight is 958 g/mol. The van der Waals surface area contributed by atoms with Gasteiger partial charge in [0.2, 0.25) is 11.8 Å². The minimum absolute atomic E-state index is 0.0271. The summed E-state index contributed by atoms with van der Waals surface area (Å²) in [6.07, 6.45) is 8.64. The third-order valence-corrected chi connectivity index (χ3v) is 13.2. The molecule has 6 rings (SSSR count). The van der Waals surface area contributed by atoms with E-state index >= 15 is 0 Å². The topological polar surface area (TPSA) is 222 Å². The Kier molecular flexibility index (Phi) is 16.6. The number of aromatic nitrogens is 2. The van der Waals surface area contributed by atoms with Crippen LogP contribution in [-0.4, -0.2) is 92.8 Å². The summed E-state index contributed by atoms with van der Waals surface area (Å²) in [5.74, 6) is -1.72. The van der Waals surface area contributed by atoms with E-state index in [-0.39, 0.29) is 74.0 Å². The van der Waals surface area contributed by atoms with Crippen molar-refractivity contribution in [2.75, 3.05) is 26.2 Å². The molecular weight excluding hydrogens is 887 g/mol. The fraction of sp³-hybridized carbons (Fsp3) is 0.615. The summed E-state index contributed by atoms with van der Waals surface area (Å²) < 4.78 is 23.7. The number of carbonyl (C=O) groups is 6. The number of nitrogens with one attached hydrogen (secondary N) is 2. The Morgan fingerprint density at radius 1 is 0.797 bits per heavy atom. The normalized spacial score (nSPS) is 17.3. The van der Waals surface area contributed by atoms with Crippen LogP contribution in [0.25, 0.3) is 22.3 Å². The Labute approximate surface area is 404 Å². The number of aryl methyl sites for hydroxylation is 1. The van der Waals surface area contributed by atoms with Crippen LogP contribution in [0, 0.1) is 5.41 Å². The first-order valence-electron chi connectivity index (χ1n) is 24.7. The van der Waals surface area contributed by atoms with Gasteiger partial charge in [0.05, 0.1) is 29.0 Å². The second-order valence-corrected chi connectivity index (χ2v) is 20.5. The number of unbranched alkanes of at least 4 members (excludes halogenated alkanes) is 7. The lowest BCUT2D eigenvalue weighted by Gasteiger charge is -2.40. The van der Waals surface area contributed by atoms with Gasteiger partial charge < -0.3 is 44.2 Å². The van der Waals surface area contributed by atoms with E-state index in [4.69, 9.17) is 23.9 Å². The Hall–Kier alpha value is -5.84. The minimum Gasteiger partial charge on any atom is -0.459 e. The number of ether oxygens (including phenoxy) is 4. The minimum atomic E-state index is -1.91. The van der Waals surface area contributed by atoms with Crippen LogP contribution in [0.5, 0.6) is 5.75 Å². The van der Waals surface area contributed by atoms with Gasteiger partial charge in [0.15, 0.2) is 11.0 Å². The molecule has 17 heteroatoms. The Morgan fingerprint density at radius 3 is 1.99 bits per heavy atom. The molecule has 376 valence electrons. The summed E-state index contributed by atoms with van der Waals surface area (Å²) in [7, 11) is 0. The summed E-state index contributed by atoms with van der Waals surface area (Å²) in [6.45, 7) is 15.3. The molecule has 0 spiro atoms. The maximum Gasteiger partial charge on any atom is 0.412 e. The number of amides is 3. The van der Waals surface area contributed by atoms with Gasteiger partial charge in [-0.2, -0.15) is 0 Å². The van der Waals surface area contributed by atoms with Crippen LogP contribution >= 0.6 is 0 Å². The molecule has 1 fully saturated rings. The second-order valence-electron chi connectivity index (χ2n) is 20.5. The first-order valence-corrected chi connectivity index (χ1v) is 24.7. The highest BCUT2D eigenvalue weighted by Gasteiger charge is 2.53. The van der Waals surface area contributed by atoms with Crippen molar-refractivity contribution in [2.24, 2.45) is 5.41 Å². The van der Waals surface area contributed by atoms with E-state index in [1.54, 1.807) is 82.2 Å². The summed E-state index contributed by atoms with van der Waals surface area (Å²) in [4.78, 5) is 97.6. The number of benzene rings is 1. The Bertz CT molecular complexity index is 2460. The molecule has 3 aliphatic rings. The number of likely N-dealkylation sites (tertiary alicyclic amines) is 1. The van der Waals surface area contributed by atoms with Crippen LogP contribution in [0.15, 0.2) is 29.1 Å². The monoisotopic (exact) mass is 958 g/mol. The van der Waals surface area contributed by atoms with E-state index in [0.717, 1.165) is 67.9 Å². The molecule has 3 aliphatic heterocycles. The molecule has 1 aromatic carbocycles. The number of hydrogen-bond acceptors (Lipinski definition) is 13. The number of cyclic esters (lactones) is 1. The lowest BCUT2D eigenvalue weighted by atomic mass is 9.77. The quantitative estimate of drug-likeness (QED) is 0.0372. The van der Waals surface area contributed by atoms with Gasteiger partial charge in [-0.3, -0.25) is 24.0 Å². The van der Waals surface area contributed by atoms with Crippen LogP contribution in [0.2, 0.25) is 0 Å². The van der Waals surface area contributed by atoms with E-state index in [1.165, 1.54) is 0 Å². The molecule has 0 radical (unpaired) electrons. The predicted octanol–water partition coefficient (Wildman–Crippen LogP) is 7.04. The summed E-state index contributed by atoms with van der Waals surface area (Å²) in [5.41, 5.74) is -1.14. The van der Waals surface area contributed by atoms with Crippen molar-refractivity contribution >= 4 is 46.7 Å². The Morgan fingerprint density at radius 2 is 1.39 bits per heavy atom. The second kappa shape index (κ2) is 21.8. The smallest absolute Gasteiger partial charge is 0.412 e. The lowest BCUT2D eigenvalue weighted by Crippen LogP contribution is -2.53. The molecule has 0 saturated carbocycles. The maximum absolute atomic E-state index is 13.6. The van der Waals surface area contributed by atoms with Crippen molar-refractivity contribution < 1.29 is 52.8 Å². The van der Waals surface area contributed by atoms with Gasteiger partial charge in [0.1, 0.15) is 23.6 Å². The predicted molar refractivity (Wildman–Crippen MR) is 257 cm³/mol. The molecule has 1 saturated heterocycles. The number of rotatable bonds is 19. The van der Waals surface area contributed by atoms with Gasteiger partial charge in [-0.25, -0.2) is 14.6 Å². The van der Waals surface area contributed by atoms with E-state index in [9.17, 15) is 38.7 Å². The number of nitrogens with zero attached hydrogens (tertiary/aromatic N) is 3. The number of fused-ring (bicyclic) bond motifs is 5. The largest absolute Gasteiger partial charge is 0.459 e. The Balaban J connectivity index is 0.840. The third-order valence-electron chi connectivity index (χ3n) is 13.2. The molecular formula is C52H71N5O12. The molecule has 1 atom stereocenters. The zero-order valence-electron chi connectivity index (χ0n) is 41.7. The van der Waals surface area contributed by atoms with E-state index in [2.05, 4.69) is 10.6 Å². The maximum atomic E-state index is 13.6. The van der Waals surface area contributed by atoms with Gasteiger partial charge in [-0.15, -0.1) is 0 Å². The van der Waals surface area contributed by atoms with Crippen LogP contribution in [0.4, 0.5) is 4.79 Å². The van der Waals surface area contributed by atoms with Gasteiger partial charge in [-0.1, -0.05) is 52.4 Å². The highest BCUT2D eigenvalue weighted by molar-refractivity contribution is 6.01. The standard InChI is InChI=1S/C52H71N5O12/c1-9-34-35-29-33(21-22-39(35)55-43-36(34)31-57-40(43)30-38-37(44(57)60)32-66-47(63)52(38,65)10-2)67-48(64)54-26-25-53-41(58)19-17-15-13-11-12-14-16-18-20-42(59)56-27-23-51(24-28-56,45(61)68-49(3,4)5)46(62)69-50(6,7)8/h21-22,29-30,65H,9-20,23-28,31-32H2,1-8H3,(H,53,58)(H,54,64)/t52-/m0/s1. The molecule has 2 aromatic heterocycles. The van der Waals surface area contributed by atoms with Crippen molar-refractivity contribution in [2.45, 2.75) is 175 Å². The van der Waals surface area contributed by atoms with Crippen molar-refractivity contribution in [3.63, 3.8) is 0 Å². The summed E-state index contributed by atoms with van der Waals surface area (Å²) in [6, 6.07) is 6.82. The van der Waals surface area contributed by atoms with Gasteiger partial charge >= 0.3 is 24.0 Å². The molecule has 0 unspecified atom stereocenters. The number of pyridine rings is 2. The number of esters is 3. The number of hydrogen-bond donors (Lipinski definition) is 3. The first-order chi connectivity index (χ1) is 32.6. The first kappa shape index (κ1) is 52.5. The van der Waals surface area contributed by atoms with Gasteiger partial charge in [0.25, 0.3) is 5.56 Å². The molecule has 0 bridgehead atoms. The highest BCUT2D eigenvalue weighted by Crippen LogP contribution is 2.41. The van der Waals surface area contributed by atoms with Crippen molar-refractivity contribution in [1.29, 1.82) is 0 Å². The fourth-order valence-corrected chi connectivity index (χ4v) is 9.37. The van der Waals surface area contributed by atoms with E-state index < -0.39 is 46.2 Å². The average Bonchev–Trinajstić information content (AvgIpc) is 3.66. The fourth-order valence-electron chi connectivity index (χ4n) is 9.37. The molecule has 3 N–H and O–H groups in total. The van der Waals surface area contributed by atoms with Gasteiger partial charge in [-0.05, 0) is 110 Å². The van der Waals surface area contributed by atoms with Crippen LogP contribution in [0.1, 0.15) is 161 Å². The molecule has 5 heterocycles. The molecule has 3 amide bonds. The van der Waals surface area contributed by atoms with Crippen LogP contribution in [0.3, 0.4) is 0 Å². The van der Waals surface area contributed by atoms with Crippen molar-refractivity contribution in [3.05, 3.63) is 56.9 Å². The number of piperidine rings is 1. The number of carbonyl (C=O) groups excluding carboxylic acids is 6. The highest BCUT2D eigenvalue weighted by atomic mass is 16.6. The van der Waals surface area contributed by atoms with Gasteiger partial charge in [0, 0.05) is 55.5 Å². The van der Waals surface area contributed by atoms with E-state index in [1.807, 2.05) is 6.92 Å². The SMILES string of the molecule is CCc1c2c(nc3ccc(OC(=O)NCCNC(=O)CCCCCCCCCCC(=O)N4CCC(C(=O)OC(C)(C)C)(C(=O)OC(C)(C)C)CC4)cc13)-c1cc3c(c(=O)n1C2)COC(=O)[C@]3(O)CC. The zero-order valence-corrected chi connectivity index (χ0v) is 41.7. The number of aliphatic hydroxyl groups is 1. The lowest BCUT2D eigenvalue weighted by molar-refractivity contribution is -0.190. The molecule has 0 aliphatic carbocycles. The summed E-state index contributed by atoms with van der Waals surface area (Å²) >= 11 is 0. The molecule has 69 heavy (non-hydrogen) atoms. The zero-order chi connectivity index (χ0) is 50.3. The molecule has 3 aromatic rings. The van der Waals surface area contributed by atoms with Crippen molar-refractivity contribution in [3.8, 4) is 17.1 Å². The van der Waals surface area contributed by atoms with Crippen LogP contribution < -0.4 is 20.9 Å².